The van der Waals surface area contributed by atoms with Crippen molar-refractivity contribution in [3.8, 4) is 0 Å². The number of aryl methyl sites for hydroxylation is 1. The minimum absolute atomic E-state index is 0.503. The normalized spacial score (nSPS) is 16.3. The number of imidazole rings is 1. The average molecular weight is 230 g/mol. The minimum Gasteiger partial charge on any atom is -0.330 e. The van der Waals surface area contributed by atoms with E-state index in [1.54, 1.807) is 0 Å². The molecule has 82 valence electrons. The molecule has 1 N–H and O–H groups in total. The highest BCUT2D eigenvalue weighted by Crippen LogP contribution is 2.29. The predicted molar refractivity (Wildman–Crippen MR) is 69.3 cm³/mol. The fourth-order valence-electron chi connectivity index (χ4n) is 2.47. The maximum atomic E-state index is 5.43. The summed E-state index contributed by atoms with van der Waals surface area (Å²) >= 11 is 5.43. The van der Waals surface area contributed by atoms with Gasteiger partial charge in [0.15, 0.2) is 4.77 Å². The van der Waals surface area contributed by atoms with Crippen LogP contribution >= 0.6 is 12.2 Å². The van der Waals surface area contributed by atoms with Gasteiger partial charge in [0.25, 0.3) is 0 Å². The fourth-order valence-corrected chi connectivity index (χ4v) is 2.82. The molecule has 2 aromatic rings. The standard InChI is InChI=1S/C13H14N2S/c1-9-5-4-8-11-12(9)14-13(16)15(11)10-6-2-3-7-10/h2-5,8,10H,6-7H2,1H3,(H,14,16). The van der Waals surface area contributed by atoms with E-state index < -0.39 is 0 Å². The zero-order valence-corrected chi connectivity index (χ0v) is 10.1. The number of aromatic nitrogens is 2. The highest BCUT2D eigenvalue weighted by molar-refractivity contribution is 7.71. The highest BCUT2D eigenvalue weighted by Gasteiger charge is 2.16. The van der Waals surface area contributed by atoms with Gasteiger partial charge in [-0.2, -0.15) is 0 Å². The molecule has 0 fully saturated rings. The molecule has 0 spiro atoms. The monoisotopic (exact) mass is 230 g/mol. The Morgan fingerprint density at radius 3 is 2.81 bits per heavy atom. The van der Waals surface area contributed by atoms with Crippen LogP contribution in [0.2, 0.25) is 0 Å². The highest BCUT2D eigenvalue weighted by atomic mass is 32.1. The van der Waals surface area contributed by atoms with Crippen molar-refractivity contribution in [3.05, 3.63) is 40.7 Å². The van der Waals surface area contributed by atoms with E-state index in [-0.39, 0.29) is 0 Å². The lowest BCUT2D eigenvalue weighted by molar-refractivity contribution is 0.544. The molecular formula is C13H14N2S. The van der Waals surface area contributed by atoms with Crippen LogP contribution in [0.5, 0.6) is 0 Å². The lowest BCUT2D eigenvalue weighted by Gasteiger charge is -2.12. The van der Waals surface area contributed by atoms with Crippen LogP contribution in [0.3, 0.4) is 0 Å². The first-order valence-electron chi connectivity index (χ1n) is 5.62. The van der Waals surface area contributed by atoms with E-state index in [0.717, 1.165) is 17.6 Å². The van der Waals surface area contributed by atoms with E-state index in [9.17, 15) is 0 Å². The van der Waals surface area contributed by atoms with Gasteiger partial charge in [0, 0.05) is 6.04 Å². The van der Waals surface area contributed by atoms with Crippen LogP contribution in [0, 0.1) is 11.7 Å². The minimum atomic E-state index is 0.503. The van der Waals surface area contributed by atoms with E-state index in [2.05, 4.69) is 46.8 Å². The molecule has 1 heterocycles. The van der Waals surface area contributed by atoms with Gasteiger partial charge in [-0.15, -0.1) is 0 Å². The number of benzene rings is 1. The van der Waals surface area contributed by atoms with Crippen molar-refractivity contribution < 1.29 is 0 Å². The Hall–Kier alpha value is -1.35. The second-order valence-corrected chi connectivity index (χ2v) is 4.75. The van der Waals surface area contributed by atoms with Crippen LogP contribution < -0.4 is 0 Å². The SMILES string of the molecule is Cc1cccc2c1[nH]c(=S)n2C1CC=CC1. The van der Waals surface area contributed by atoms with Gasteiger partial charge in [0.2, 0.25) is 0 Å². The number of H-pyrrole nitrogens is 1. The quantitative estimate of drug-likeness (QED) is 0.582. The third kappa shape index (κ3) is 1.35. The molecular weight excluding hydrogens is 216 g/mol. The topological polar surface area (TPSA) is 20.7 Å². The van der Waals surface area contributed by atoms with E-state index in [0.29, 0.717) is 6.04 Å². The summed E-state index contributed by atoms with van der Waals surface area (Å²) in [5.41, 5.74) is 3.67. The summed E-state index contributed by atoms with van der Waals surface area (Å²) < 4.78 is 3.11. The average Bonchev–Trinajstić information content (AvgIpc) is 2.85. The second-order valence-electron chi connectivity index (χ2n) is 4.37. The molecule has 0 unspecified atom stereocenters. The summed E-state index contributed by atoms with van der Waals surface area (Å²) in [6.45, 7) is 2.12. The van der Waals surface area contributed by atoms with Gasteiger partial charge in [-0.25, -0.2) is 0 Å². The Labute approximate surface area is 99.6 Å². The van der Waals surface area contributed by atoms with E-state index in [1.165, 1.54) is 16.6 Å². The van der Waals surface area contributed by atoms with Gasteiger partial charge in [0.05, 0.1) is 11.0 Å². The first kappa shape index (κ1) is 9.85. The summed E-state index contributed by atoms with van der Waals surface area (Å²) in [7, 11) is 0. The molecule has 0 atom stereocenters. The fraction of sp³-hybridized carbons (Fsp3) is 0.308. The zero-order valence-electron chi connectivity index (χ0n) is 9.23. The predicted octanol–water partition coefficient (Wildman–Crippen LogP) is 3.90. The molecule has 0 amide bonds. The molecule has 0 radical (unpaired) electrons. The van der Waals surface area contributed by atoms with E-state index in [1.807, 2.05) is 0 Å². The molecule has 0 saturated carbocycles. The van der Waals surface area contributed by atoms with Crippen molar-refractivity contribution in [1.82, 2.24) is 9.55 Å². The first-order chi connectivity index (χ1) is 7.77. The maximum Gasteiger partial charge on any atom is 0.178 e. The van der Waals surface area contributed by atoms with Crippen LogP contribution in [0.15, 0.2) is 30.4 Å². The largest absolute Gasteiger partial charge is 0.330 e. The van der Waals surface area contributed by atoms with Crippen molar-refractivity contribution in [2.24, 2.45) is 0 Å². The number of hydrogen-bond acceptors (Lipinski definition) is 1. The van der Waals surface area contributed by atoms with Crippen LogP contribution in [-0.2, 0) is 0 Å². The number of para-hydroxylation sites is 1. The van der Waals surface area contributed by atoms with Gasteiger partial charge in [-0.05, 0) is 43.6 Å². The summed E-state index contributed by atoms with van der Waals surface area (Å²) in [6, 6.07) is 6.86. The number of rotatable bonds is 1. The van der Waals surface area contributed by atoms with Crippen molar-refractivity contribution in [2.45, 2.75) is 25.8 Å². The van der Waals surface area contributed by atoms with Gasteiger partial charge in [-0.1, -0.05) is 24.3 Å². The van der Waals surface area contributed by atoms with E-state index >= 15 is 0 Å². The molecule has 2 nitrogen and oxygen atoms in total. The molecule has 0 saturated heterocycles. The van der Waals surface area contributed by atoms with Gasteiger partial charge in [0.1, 0.15) is 0 Å². The Bertz CT molecular complexity index is 610. The third-order valence-corrected chi connectivity index (χ3v) is 3.61. The Balaban J connectivity index is 2.27. The zero-order chi connectivity index (χ0) is 11.1. The van der Waals surface area contributed by atoms with Gasteiger partial charge < -0.3 is 9.55 Å². The van der Waals surface area contributed by atoms with Crippen LogP contribution in [0.1, 0.15) is 24.4 Å². The summed E-state index contributed by atoms with van der Waals surface area (Å²) in [6.07, 6.45) is 6.66. The summed E-state index contributed by atoms with van der Waals surface area (Å²) in [5, 5.41) is 0. The molecule has 0 bridgehead atoms. The molecule has 3 rings (SSSR count). The number of allylic oxidation sites excluding steroid dienone is 2. The second kappa shape index (κ2) is 3.59. The lowest BCUT2D eigenvalue weighted by atomic mass is 10.2. The van der Waals surface area contributed by atoms with Crippen molar-refractivity contribution in [1.29, 1.82) is 0 Å². The number of aromatic amines is 1. The molecule has 1 aromatic heterocycles. The Kier molecular flexibility index (Phi) is 2.21. The van der Waals surface area contributed by atoms with E-state index in [4.69, 9.17) is 12.2 Å². The smallest absolute Gasteiger partial charge is 0.178 e. The number of nitrogens with one attached hydrogen (secondary N) is 1. The maximum absolute atomic E-state index is 5.43. The molecule has 0 aliphatic heterocycles. The molecule has 1 aromatic carbocycles. The Morgan fingerprint density at radius 1 is 1.31 bits per heavy atom. The van der Waals surface area contributed by atoms with Crippen LogP contribution in [0.4, 0.5) is 0 Å². The molecule has 1 aliphatic carbocycles. The van der Waals surface area contributed by atoms with Crippen molar-refractivity contribution in [2.75, 3.05) is 0 Å². The van der Waals surface area contributed by atoms with Crippen LogP contribution in [-0.4, -0.2) is 9.55 Å². The Morgan fingerprint density at radius 2 is 2.06 bits per heavy atom. The van der Waals surface area contributed by atoms with Crippen molar-refractivity contribution >= 4 is 23.3 Å². The number of fused-ring (bicyclic) bond motifs is 1. The lowest BCUT2D eigenvalue weighted by Crippen LogP contribution is -2.04. The number of hydrogen-bond donors (Lipinski definition) is 1. The van der Waals surface area contributed by atoms with Gasteiger partial charge in [-0.3, -0.25) is 0 Å². The molecule has 16 heavy (non-hydrogen) atoms. The van der Waals surface area contributed by atoms with Crippen LogP contribution in [0.25, 0.3) is 11.0 Å². The number of nitrogens with zero attached hydrogens (tertiary/aromatic N) is 1. The molecule has 3 heteroatoms. The summed E-state index contributed by atoms with van der Waals surface area (Å²) in [5.74, 6) is 0. The summed E-state index contributed by atoms with van der Waals surface area (Å²) in [4.78, 5) is 3.32. The molecule has 1 aliphatic rings. The van der Waals surface area contributed by atoms with Crippen molar-refractivity contribution in [3.63, 3.8) is 0 Å². The van der Waals surface area contributed by atoms with Gasteiger partial charge >= 0.3 is 0 Å². The first-order valence-corrected chi connectivity index (χ1v) is 6.03. The third-order valence-electron chi connectivity index (χ3n) is 3.31.